The number of rotatable bonds is 11. The number of nitrogens with zero attached hydrogens (tertiary/aromatic N) is 6. The molecule has 43 heavy (non-hydrogen) atoms. The molecular formula is C33H48N8O2. The maximum atomic E-state index is 12.3. The summed E-state index contributed by atoms with van der Waals surface area (Å²) in [6.07, 6.45) is 1.62. The van der Waals surface area contributed by atoms with E-state index in [0.717, 1.165) is 65.5 Å². The molecule has 0 aliphatic carbocycles. The van der Waals surface area contributed by atoms with Crippen molar-refractivity contribution < 1.29 is 9.53 Å². The molecule has 232 valence electrons. The lowest BCUT2D eigenvalue weighted by Gasteiger charge is -2.34. The predicted octanol–water partition coefficient (Wildman–Crippen LogP) is 6.55. The topological polar surface area (TPSA) is 122 Å². The smallest absolute Gasteiger partial charge is 0.220 e. The highest BCUT2D eigenvalue weighted by Gasteiger charge is 2.29. The maximum Gasteiger partial charge on any atom is 0.220 e. The number of aromatic nitrogens is 2. The molecule has 10 nitrogen and oxygen atoms in total. The molecule has 2 aromatic carbocycles. The van der Waals surface area contributed by atoms with Crippen molar-refractivity contribution >= 4 is 22.6 Å². The Bertz CT molecular complexity index is 1420. The third-order valence-electron chi connectivity index (χ3n) is 7.93. The van der Waals surface area contributed by atoms with Crippen LogP contribution in [0.3, 0.4) is 0 Å². The lowest BCUT2D eigenvalue weighted by Crippen LogP contribution is -2.44. The van der Waals surface area contributed by atoms with Crippen LogP contribution in [0.15, 0.2) is 35.4 Å². The van der Waals surface area contributed by atoms with Gasteiger partial charge in [-0.3, -0.25) is 4.79 Å². The standard InChI is InChI=1S/C33H48N8O2/c1-32(2,3)25-20-23(31-37-27-12-11-24(22-28(27)38-31)41-17-15-40(7)16-18-41)21-26(33(4,5)6)30(25)43-19-8-10-29(42)35-13-9-14-36-39-34/h11-12,20-22H,8-10,13-19H2,1-7H3,(H,35,42)(H,37,38). The Kier molecular flexibility index (Phi) is 10.2. The van der Waals surface area contributed by atoms with Gasteiger partial charge in [-0.1, -0.05) is 46.7 Å². The summed E-state index contributed by atoms with van der Waals surface area (Å²) in [6, 6.07) is 10.9. The Morgan fingerprint density at radius 3 is 2.35 bits per heavy atom. The summed E-state index contributed by atoms with van der Waals surface area (Å²) in [4.78, 5) is 28.4. The number of amides is 1. The molecule has 1 saturated heterocycles. The van der Waals surface area contributed by atoms with E-state index in [4.69, 9.17) is 15.3 Å². The van der Waals surface area contributed by atoms with Crippen molar-refractivity contribution in [1.29, 1.82) is 0 Å². The number of hydrogen-bond donors (Lipinski definition) is 2. The van der Waals surface area contributed by atoms with Crippen molar-refractivity contribution in [3.63, 3.8) is 0 Å². The van der Waals surface area contributed by atoms with E-state index in [2.05, 4.69) is 109 Å². The molecule has 0 unspecified atom stereocenters. The van der Waals surface area contributed by atoms with Crippen molar-refractivity contribution in [1.82, 2.24) is 20.2 Å². The SMILES string of the molecule is CN1CCN(c2ccc3[nH]c(-c4cc(C(C)(C)C)c(OCCCC(=O)NCCCN=[N+]=[N-])c(C(C)(C)C)c4)nc3c2)CC1. The monoisotopic (exact) mass is 588 g/mol. The molecule has 1 amide bonds. The number of benzene rings is 2. The van der Waals surface area contributed by atoms with Crippen LogP contribution in [-0.4, -0.2) is 73.7 Å². The van der Waals surface area contributed by atoms with Crippen LogP contribution in [0, 0.1) is 0 Å². The molecule has 3 aromatic rings. The molecule has 10 heteroatoms. The van der Waals surface area contributed by atoms with Gasteiger partial charge in [-0.05, 0) is 66.6 Å². The van der Waals surface area contributed by atoms with Crippen LogP contribution in [-0.2, 0) is 15.6 Å². The fourth-order valence-corrected chi connectivity index (χ4v) is 5.35. The van der Waals surface area contributed by atoms with Crippen LogP contribution in [0.25, 0.3) is 32.9 Å². The van der Waals surface area contributed by atoms with E-state index >= 15 is 0 Å². The van der Waals surface area contributed by atoms with Gasteiger partial charge < -0.3 is 24.8 Å². The average Bonchev–Trinajstić information content (AvgIpc) is 3.38. The summed E-state index contributed by atoms with van der Waals surface area (Å²) in [6.45, 7) is 18.7. The molecule has 4 rings (SSSR count). The number of H-pyrrole nitrogens is 1. The Hall–Kier alpha value is -3.75. The van der Waals surface area contributed by atoms with Gasteiger partial charge in [0.1, 0.15) is 11.6 Å². The quantitative estimate of drug-likeness (QED) is 0.114. The number of imidazole rings is 1. The van der Waals surface area contributed by atoms with E-state index in [0.29, 0.717) is 39.0 Å². The molecule has 1 aliphatic rings. The average molecular weight is 589 g/mol. The van der Waals surface area contributed by atoms with Crippen LogP contribution in [0.2, 0.25) is 0 Å². The Labute approximate surface area is 255 Å². The number of anilines is 1. The largest absolute Gasteiger partial charge is 0.493 e. The summed E-state index contributed by atoms with van der Waals surface area (Å²) < 4.78 is 6.49. The number of aromatic amines is 1. The van der Waals surface area contributed by atoms with E-state index < -0.39 is 0 Å². The molecule has 2 heterocycles. The van der Waals surface area contributed by atoms with Crippen molar-refractivity contribution in [2.24, 2.45) is 5.11 Å². The zero-order valence-corrected chi connectivity index (χ0v) is 27.0. The highest BCUT2D eigenvalue weighted by atomic mass is 16.5. The fourth-order valence-electron chi connectivity index (χ4n) is 5.35. The van der Waals surface area contributed by atoms with E-state index in [1.165, 1.54) is 5.69 Å². The Balaban J connectivity index is 1.56. The van der Waals surface area contributed by atoms with Gasteiger partial charge in [-0.2, -0.15) is 0 Å². The van der Waals surface area contributed by atoms with Crippen LogP contribution >= 0.6 is 0 Å². The lowest BCUT2D eigenvalue weighted by molar-refractivity contribution is -0.121. The minimum atomic E-state index is -0.171. The maximum absolute atomic E-state index is 12.3. The minimum absolute atomic E-state index is 0.0207. The lowest BCUT2D eigenvalue weighted by atomic mass is 9.78. The number of hydrogen-bond acceptors (Lipinski definition) is 6. The zero-order chi connectivity index (χ0) is 31.2. The van der Waals surface area contributed by atoms with Gasteiger partial charge in [0.25, 0.3) is 0 Å². The van der Waals surface area contributed by atoms with Gasteiger partial charge >= 0.3 is 0 Å². The van der Waals surface area contributed by atoms with E-state index in [1.54, 1.807) is 0 Å². The number of ether oxygens (including phenoxy) is 1. The van der Waals surface area contributed by atoms with Gasteiger partial charge in [0.15, 0.2) is 0 Å². The second kappa shape index (κ2) is 13.7. The van der Waals surface area contributed by atoms with Crippen molar-refractivity contribution in [3.05, 3.63) is 51.9 Å². The number of nitrogens with one attached hydrogen (secondary N) is 2. The van der Waals surface area contributed by atoms with Crippen LogP contribution in [0.1, 0.15) is 71.9 Å². The molecule has 1 aliphatic heterocycles. The van der Waals surface area contributed by atoms with Gasteiger partial charge in [0.2, 0.25) is 5.91 Å². The first-order chi connectivity index (χ1) is 20.4. The Morgan fingerprint density at radius 2 is 1.72 bits per heavy atom. The van der Waals surface area contributed by atoms with E-state index in [9.17, 15) is 4.79 Å². The zero-order valence-electron chi connectivity index (χ0n) is 27.0. The summed E-state index contributed by atoms with van der Waals surface area (Å²) >= 11 is 0. The van der Waals surface area contributed by atoms with Crippen LogP contribution in [0.5, 0.6) is 5.75 Å². The third kappa shape index (κ3) is 8.42. The van der Waals surface area contributed by atoms with Crippen LogP contribution in [0.4, 0.5) is 5.69 Å². The molecule has 1 aromatic heterocycles. The molecule has 0 radical (unpaired) electrons. The van der Waals surface area contributed by atoms with Crippen molar-refractivity contribution in [3.8, 4) is 17.1 Å². The molecule has 2 N–H and O–H groups in total. The highest BCUT2D eigenvalue weighted by Crippen LogP contribution is 2.43. The van der Waals surface area contributed by atoms with Crippen molar-refractivity contribution in [2.45, 2.75) is 71.6 Å². The first kappa shape index (κ1) is 32.2. The predicted molar refractivity (Wildman–Crippen MR) is 175 cm³/mol. The third-order valence-corrected chi connectivity index (χ3v) is 7.93. The second-order valence-electron chi connectivity index (χ2n) is 13.6. The van der Waals surface area contributed by atoms with Gasteiger partial charge in [0, 0.05) is 73.0 Å². The number of fused-ring (bicyclic) bond motifs is 1. The molecule has 0 atom stereocenters. The molecular weight excluding hydrogens is 540 g/mol. The van der Waals surface area contributed by atoms with E-state index in [1.807, 2.05) is 0 Å². The minimum Gasteiger partial charge on any atom is -0.493 e. The molecule has 1 fully saturated rings. The summed E-state index contributed by atoms with van der Waals surface area (Å²) in [5.41, 5.74) is 14.5. The number of carbonyl (C=O) groups is 1. The molecule has 0 saturated carbocycles. The van der Waals surface area contributed by atoms with Gasteiger partial charge in [-0.15, -0.1) is 0 Å². The first-order valence-corrected chi connectivity index (χ1v) is 15.4. The van der Waals surface area contributed by atoms with Gasteiger partial charge in [0.05, 0.1) is 17.6 Å². The van der Waals surface area contributed by atoms with Crippen LogP contribution < -0.4 is 15.0 Å². The number of carbonyl (C=O) groups excluding carboxylic acids is 1. The summed E-state index contributed by atoms with van der Waals surface area (Å²) in [5, 5.41) is 6.37. The first-order valence-electron chi connectivity index (χ1n) is 15.4. The highest BCUT2D eigenvalue weighted by molar-refractivity contribution is 5.83. The molecule has 0 bridgehead atoms. The second-order valence-corrected chi connectivity index (χ2v) is 13.6. The van der Waals surface area contributed by atoms with E-state index in [-0.39, 0.29) is 16.7 Å². The molecule has 0 spiro atoms. The van der Waals surface area contributed by atoms with Crippen molar-refractivity contribution in [2.75, 3.05) is 57.8 Å². The normalized spacial score (nSPS) is 14.5. The summed E-state index contributed by atoms with van der Waals surface area (Å²) in [7, 11) is 2.17. The number of azide groups is 1. The number of piperazine rings is 1. The van der Waals surface area contributed by atoms with Gasteiger partial charge in [-0.25, -0.2) is 4.98 Å². The summed E-state index contributed by atoms with van der Waals surface area (Å²) in [5.74, 6) is 1.73. The fraction of sp³-hybridized carbons (Fsp3) is 0.576. The number of likely N-dealkylation sites (N-methyl/N-ethyl adjacent to an activating group) is 1. The Morgan fingerprint density at radius 1 is 1.05 bits per heavy atom.